The highest BCUT2D eigenvalue weighted by Gasteiger charge is 2.15. The number of furan rings is 1. The number of hydrogen-bond acceptors (Lipinski definition) is 3. The van der Waals surface area contributed by atoms with Crippen molar-refractivity contribution in [3.05, 3.63) is 50.8 Å². The van der Waals surface area contributed by atoms with Gasteiger partial charge in [0.2, 0.25) is 5.76 Å². The van der Waals surface area contributed by atoms with E-state index in [1.807, 2.05) is 12.1 Å². The summed E-state index contributed by atoms with van der Waals surface area (Å²) < 4.78 is 11.7. The molecule has 0 bridgehead atoms. The Bertz CT molecular complexity index is 602. The molecule has 0 N–H and O–H groups in total. The first-order valence-electron chi connectivity index (χ1n) is 5.74. The van der Waals surface area contributed by atoms with Crippen molar-refractivity contribution in [1.82, 2.24) is 0 Å². The quantitative estimate of drug-likeness (QED) is 0.540. The second-order valence-corrected chi connectivity index (χ2v) is 5.97. The van der Waals surface area contributed by atoms with E-state index in [-0.39, 0.29) is 5.76 Å². The van der Waals surface area contributed by atoms with Gasteiger partial charge in [-0.05, 0) is 67.6 Å². The molecule has 0 aliphatic carbocycles. The number of esters is 1. The van der Waals surface area contributed by atoms with Gasteiger partial charge in [0.25, 0.3) is 0 Å². The fourth-order valence-corrected chi connectivity index (χ4v) is 2.32. The second-order valence-electron chi connectivity index (χ2n) is 4.34. The Hall–Kier alpha value is -1.07. The van der Waals surface area contributed by atoms with E-state index < -0.39 is 5.97 Å². The van der Waals surface area contributed by atoms with Crippen LogP contribution in [0.25, 0.3) is 0 Å². The molecule has 0 spiro atoms. The van der Waals surface area contributed by atoms with Crippen LogP contribution in [0.15, 0.2) is 43.9 Å². The zero-order valence-corrected chi connectivity index (χ0v) is 13.6. The fraction of sp³-hybridized carbons (Fsp3) is 0.214. The fourth-order valence-electron chi connectivity index (χ4n) is 1.53. The molecule has 0 saturated heterocycles. The zero-order chi connectivity index (χ0) is 14.0. The van der Waals surface area contributed by atoms with Gasteiger partial charge in [0.1, 0.15) is 5.75 Å². The highest BCUT2D eigenvalue weighted by Crippen LogP contribution is 2.29. The molecule has 0 saturated carbocycles. The summed E-state index contributed by atoms with van der Waals surface area (Å²) in [6, 6.07) is 8.87. The molecule has 0 atom stereocenters. The molecule has 0 fully saturated rings. The third-order valence-electron chi connectivity index (χ3n) is 2.60. The van der Waals surface area contributed by atoms with Crippen LogP contribution in [0.3, 0.4) is 0 Å². The van der Waals surface area contributed by atoms with E-state index >= 15 is 0 Å². The zero-order valence-electron chi connectivity index (χ0n) is 10.4. The van der Waals surface area contributed by atoms with Crippen molar-refractivity contribution in [2.75, 3.05) is 0 Å². The number of halogens is 2. The topological polar surface area (TPSA) is 39.4 Å². The number of carbonyl (C=O) groups excluding carboxylic acids is 1. The summed E-state index contributed by atoms with van der Waals surface area (Å²) in [6.07, 6.45) is 0. The SMILES string of the molecule is CC(C)c1ccc(OC(=O)c2ccc(Br)o2)c(Br)c1. The molecular formula is C14H12Br2O3. The Morgan fingerprint density at radius 2 is 1.95 bits per heavy atom. The normalized spacial score (nSPS) is 10.8. The Morgan fingerprint density at radius 3 is 2.47 bits per heavy atom. The van der Waals surface area contributed by atoms with Crippen LogP contribution in [0.5, 0.6) is 5.75 Å². The minimum Gasteiger partial charge on any atom is -0.442 e. The van der Waals surface area contributed by atoms with Crippen LogP contribution in [0.1, 0.15) is 35.9 Å². The predicted molar refractivity (Wildman–Crippen MR) is 79.6 cm³/mol. The summed E-state index contributed by atoms with van der Waals surface area (Å²) in [5, 5.41) is 0. The number of carbonyl (C=O) groups is 1. The Balaban J connectivity index is 2.17. The molecule has 2 aromatic rings. The predicted octanol–water partition coefficient (Wildman–Crippen LogP) is 5.15. The number of rotatable bonds is 3. The van der Waals surface area contributed by atoms with Crippen LogP contribution in [0.4, 0.5) is 0 Å². The molecule has 3 nitrogen and oxygen atoms in total. The van der Waals surface area contributed by atoms with Crippen LogP contribution in [0.2, 0.25) is 0 Å². The van der Waals surface area contributed by atoms with E-state index in [4.69, 9.17) is 9.15 Å². The number of hydrogen-bond donors (Lipinski definition) is 0. The lowest BCUT2D eigenvalue weighted by molar-refractivity contribution is 0.0698. The average molecular weight is 388 g/mol. The Morgan fingerprint density at radius 1 is 1.21 bits per heavy atom. The van der Waals surface area contributed by atoms with Gasteiger partial charge in [0.15, 0.2) is 4.67 Å². The van der Waals surface area contributed by atoms with Crippen LogP contribution < -0.4 is 4.74 Å². The molecule has 0 radical (unpaired) electrons. The first-order valence-corrected chi connectivity index (χ1v) is 7.33. The minimum absolute atomic E-state index is 0.159. The maximum atomic E-state index is 11.8. The van der Waals surface area contributed by atoms with Crippen LogP contribution in [-0.2, 0) is 0 Å². The maximum Gasteiger partial charge on any atom is 0.379 e. The van der Waals surface area contributed by atoms with E-state index in [1.54, 1.807) is 18.2 Å². The molecule has 1 heterocycles. The first-order chi connectivity index (χ1) is 8.97. The monoisotopic (exact) mass is 386 g/mol. The van der Waals surface area contributed by atoms with Gasteiger partial charge >= 0.3 is 5.97 Å². The highest BCUT2D eigenvalue weighted by atomic mass is 79.9. The molecule has 100 valence electrons. The van der Waals surface area contributed by atoms with Gasteiger partial charge in [-0.1, -0.05) is 19.9 Å². The molecular weight excluding hydrogens is 376 g/mol. The van der Waals surface area contributed by atoms with Crippen molar-refractivity contribution in [2.45, 2.75) is 19.8 Å². The van der Waals surface area contributed by atoms with Crippen LogP contribution >= 0.6 is 31.9 Å². The molecule has 0 aliphatic heterocycles. The molecule has 19 heavy (non-hydrogen) atoms. The molecule has 2 rings (SSSR count). The molecule has 0 unspecified atom stereocenters. The molecule has 0 aliphatic rings. The lowest BCUT2D eigenvalue weighted by atomic mass is 10.0. The summed E-state index contributed by atoms with van der Waals surface area (Å²) in [7, 11) is 0. The second kappa shape index (κ2) is 5.92. The van der Waals surface area contributed by atoms with E-state index in [2.05, 4.69) is 45.7 Å². The van der Waals surface area contributed by atoms with Crippen LogP contribution in [-0.4, -0.2) is 5.97 Å². The molecule has 1 aromatic carbocycles. The summed E-state index contributed by atoms with van der Waals surface area (Å²) in [6.45, 7) is 4.21. The molecule has 0 amide bonds. The lowest BCUT2D eigenvalue weighted by Gasteiger charge is -2.09. The number of benzene rings is 1. The van der Waals surface area contributed by atoms with E-state index in [0.29, 0.717) is 16.3 Å². The van der Waals surface area contributed by atoms with Crippen molar-refractivity contribution in [2.24, 2.45) is 0 Å². The van der Waals surface area contributed by atoms with Gasteiger partial charge in [0.05, 0.1) is 4.47 Å². The number of ether oxygens (including phenoxy) is 1. The maximum absolute atomic E-state index is 11.8. The molecule has 5 heteroatoms. The summed E-state index contributed by atoms with van der Waals surface area (Å²) in [4.78, 5) is 11.8. The third-order valence-corrected chi connectivity index (χ3v) is 3.65. The van der Waals surface area contributed by atoms with Crippen molar-refractivity contribution >= 4 is 37.8 Å². The minimum atomic E-state index is -0.524. The average Bonchev–Trinajstić information content (AvgIpc) is 2.78. The van der Waals surface area contributed by atoms with Gasteiger partial charge in [0, 0.05) is 0 Å². The lowest BCUT2D eigenvalue weighted by Crippen LogP contribution is -2.07. The van der Waals surface area contributed by atoms with Crippen molar-refractivity contribution in [1.29, 1.82) is 0 Å². The van der Waals surface area contributed by atoms with E-state index in [0.717, 1.165) is 4.47 Å². The van der Waals surface area contributed by atoms with E-state index in [1.165, 1.54) is 5.56 Å². The Kier molecular flexibility index (Phi) is 4.47. The van der Waals surface area contributed by atoms with Crippen molar-refractivity contribution in [3.63, 3.8) is 0 Å². The van der Waals surface area contributed by atoms with Crippen molar-refractivity contribution in [3.8, 4) is 5.75 Å². The summed E-state index contributed by atoms with van der Waals surface area (Å²) >= 11 is 6.55. The summed E-state index contributed by atoms with van der Waals surface area (Å²) in [5.74, 6) is 0.527. The Labute approximate surface area is 128 Å². The molecule has 1 aromatic heterocycles. The first kappa shape index (κ1) is 14.3. The summed E-state index contributed by atoms with van der Waals surface area (Å²) in [5.41, 5.74) is 1.17. The third kappa shape index (κ3) is 3.48. The van der Waals surface area contributed by atoms with Gasteiger partial charge in [-0.15, -0.1) is 0 Å². The van der Waals surface area contributed by atoms with Crippen LogP contribution in [0, 0.1) is 0 Å². The van der Waals surface area contributed by atoms with E-state index in [9.17, 15) is 4.79 Å². The highest BCUT2D eigenvalue weighted by molar-refractivity contribution is 9.10. The van der Waals surface area contributed by atoms with Gasteiger partial charge < -0.3 is 9.15 Å². The van der Waals surface area contributed by atoms with Gasteiger partial charge in [-0.2, -0.15) is 0 Å². The largest absolute Gasteiger partial charge is 0.442 e. The van der Waals surface area contributed by atoms with Gasteiger partial charge in [-0.3, -0.25) is 0 Å². The smallest absolute Gasteiger partial charge is 0.379 e. The standard InChI is InChI=1S/C14H12Br2O3/c1-8(2)9-3-4-11(10(15)7-9)19-14(17)12-5-6-13(16)18-12/h3-8H,1-2H3. The van der Waals surface area contributed by atoms with Gasteiger partial charge in [-0.25, -0.2) is 4.79 Å². The van der Waals surface area contributed by atoms with Crippen molar-refractivity contribution < 1.29 is 13.9 Å².